The zero-order valence-corrected chi connectivity index (χ0v) is 16.4. The van der Waals surface area contributed by atoms with Gasteiger partial charge in [-0.1, -0.05) is 65.8 Å². The van der Waals surface area contributed by atoms with E-state index in [9.17, 15) is 17.6 Å². The zero-order valence-electron chi connectivity index (χ0n) is 15.6. The molecule has 1 heterocycles. The Balaban J connectivity index is 1.73. The SMILES string of the molecule is Fc1c(F)c(F)c(C#Cc2ccccc2C#Cc2ccc3ccccc3n2)c(Cl)c1F. The van der Waals surface area contributed by atoms with Crippen LogP contribution in [0, 0.1) is 47.0 Å². The highest BCUT2D eigenvalue weighted by Gasteiger charge is 2.23. The van der Waals surface area contributed by atoms with Crippen molar-refractivity contribution in [1.82, 2.24) is 4.98 Å². The van der Waals surface area contributed by atoms with Gasteiger partial charge in [-0.25, -0.2) is 22.5 Å². The van der Waals surface area contributed by atoms with Crippen LogP contribution < -0.4 is 0 Å². The van der Waals surface area contributed by atoms with Crippen molar-refractivity contribution < 1.29 is 17.6 Å². The van der Waals surface area contributed by atoms with Crippen LogP contribution in [0.3, 0.4) is 0 Å². The largest absolute Gasteiger partial charge is 0.239 e. The molecule has 0 fully saturated rings. The minimum absolute atomic E-state index is 0.372. The van der Waals surface area contributed by atoms with Gasteiger partial charge in [-0.2, -0.15) is 0 Å². The Morgan fingerprint density at radius 1 is 0.613 bits per heavy atom. The number of halogens is 5. The van der Waals surface area contributed by atoms with E-state index in [2.05, 4.69) is 28.7 Å². The van der Waals surface area contributed by atoms with Gasteiger partial charge in [0.15, 0.2) is 23.3 Å². The monoisotopic (exact) mass is 435 g/mol. The second kappa shape index (κ2) is 8.52. The molecule has 0 spiro atoms. The minimum atomic E-state index is -1.98. The Morgan fingerprint density at radius 2 is 1.23 bits per heavy atom. The molecule has 0 saturated heterocycles. The average Bonchev–Trinajstić information content (AvgIpc) is 2.80. The third-order valence-electron chi connectivity index (χ3n) is 4.38. The molecule has 0 aliphatic carbocycles. The van der Waals surface area contributed by atoms with Crippen LogP contribution in [0.1, 0.15) is 22.4 Å². The number of benzene rings is 3. The molecule has 0 atom stereocenters. The first-order chi connectivity index (χ1) is 15.0. The number of nitrogens with zero attached hydrogens (tertiary/aromatic N) is 1. The quantitative estimate of drug-likeness (QED) is 0.138. The third kappa shape index (κ3) is 4.10. The molecule has 0 N–H and O–H groups in total. The second-order valence-electron chi connectivity index (χ2n) is 6.38. The summed E-state index contributed by atoms with van der Waals surface area (Å²) < 4.78 is 54.4. The lowest BCUT2D eigenvalue weighted by molar-refractivity contribution is 0.408. The molecule has 150 valence electrons. The van der Waals surface area contributed by atoms with Crippen molar-refractivity contribution in [2.24, 2.45) is 0 Å². The lowest BCUT2D eigenvalue weighted by Gasteiger charge is -2.03. The lowest BCUT2D eigenvalue weighted by Crippen LogP contribution is -2.01. The van der Waals surface area contributed by atoms with E-state index in [4.69, 9.17) is 11.6 Å². The van der Waals surface area contributed by atoms with Gasteiger partial charge in [0.25, 0.3) is 0 Å². The van der Waals surface area contributed by atoms with Crippen LogP contribution >= 0.6 is 11.6 Å². The van der Waals surface area contributed by atoms with E-state index in [1.165, 1.54) is 0 Å². The van der Waals surface area contributed by atoms with Crippen LogP contribution in [0.2, 0.25) is 5.02 Å². The molecule has 0 bridgehead atoms. The van der Waals surface area contributed by atoms with Crippen molar-refractivity contribution in [2.75, 3.05) is 0 Å². The average molecular weight is 436 g/mol. The molecule has 0 saturated carbocycles. The highest BCUT2D eigenvalue weighted by atomic mass is 35.5. The van der Waals surface area contributed by atoms with E-state index in [-0.39, 0.29) is 0 Å². The van der Waals surface area contributed by atoms with Crippen molar-refractivity contribution in [3.63, 3.8) is 0 Å². The van der Waals surface area contributed by atoms with Crippen molar-refractivity contribution in [3.05, 3.63) is 111 Å². The van der Waals surface area contributed by atoms with E-state index < -0.39 is 33.9 Å². The maximum Gasteiger partial charge on any atom is 0.199 e. The maximum atomic E-state index is 14.0. The van der Waals surface area contributed by atoms with Crippen molar-refractivity contribution >= 4 is 22.5 Å². The molecule has 31 heavy (non-hydrogen) atoms. The number of para-hydroxylation sites is 1. The predicted molar refractivity (Wildman–Crippen MR) is 111 cm³/mol. The maximum absolute atomic E-state index is 14.0. The molecular formula is C25H10ClF4N. The molecule has 1 aromatic heterocycles. The Morgan fingerprint density at radius 3 is 1.97 bits per heavy atom. The summed E-state index contributed by atoms with van der Waals surface area (Å²) in [4.78, 5) is 4.47. The van der Waals surface area contributed by atoms with Crippen molar-refractivity contribution in [1.29, 1.82) is 0 Å². The molecule has 0 unspecified atom stereocenters. The van der Waals surface area contributed by atoms with Gasteiger partial charge in [-0.3, -0.25) is 0 Å². The summed E-state index contributed by atoms with van der Waals surface area (Å²) in [6.45, 7) is 0. The molecule has 4 aromatic rings. The number of aromatic nitrogens is 1. The summed E-state index contributed by atoms with van der Waals surface area (Å²) in [7, 11) is 0. The highest BCUT2D eigenvalue weighted by Crippen LogP contribution is 2.27. The van der Waals surface area contributed by atoms with E-state index >= 15 is 0 Å². The Hall–Kier alpha value is -3.80. The number of rotatable bonds is 0. The molecule has 0 aliphatic heterocycles. The Kier molecular flexibility index (Phi) is 5.62. The molecule has 1 nitrogen and oxygen atoms in total. The smallest absolute Gasteiger partial charge is 0.199 e. The van der Waals surface area contributed by atoms with Crippen molar-refractivity contribution in [3.8, 4) is 23.7 Å². The van der Waals surface area contributed by atoms with Gasteiger partial charge in [-0.15, -0.1) is 0 Å². The van der Waals surface area contributed by atoms with Gasteiger partial charge in [-0.05, 0) is 30.2 Å². The molecular weight excluding hydrogens is 426 g/mol. The van der Waals surface area contributed by atoms with E-state index in [0.29, 0.717) is 16.8 Å². The van der Waals surface area contributed by atoms with Crippen LogP contribution in [0.15, 0.2) is 60.7 Å². The van der Waals surface area contributed by atoms with Gasteiger partial charge < -0.3 is 0 Å². The molecule has 0 amide bonds. The third-order valence-corrected chi connectivity index (χ3v) is 4.74. The van der Waals surface area contributed by atoms with Gasteiger partial charge in [0, 0.05) is 16.5 Å². The highest BCUT2D eigenvalue weighted by molar-refractivity contribution is 6.32. The predicted octanol–water partition coefficient (Wildman–Crippen LogP) is 6.24. The van der Waals surface area contributed by atoms with Crippen LogP contribution in [0.25, 0.3) is 10.9 Å². The number of hydrogen-bond acceptors (Lipinski definition) is 1. The molecule has 0 aliphatic rings. The number of pyridine rings is 1. The Bertz CT molecular complexity index is 1430. The van der Waals surface area contributed by atoms with Gasteiger partial charge in [0.05, 0.1) is 16.1 Å². The topological polar surface area (TPSA) is 12.9 Å². The number of hydrogen-bond donors (Lipinski definition) is 0. The van der Waals surface area contributed by atoms with Crippen LogP contribution in [0.5, 0.6) is 0 Å². The fourth-order valence-corrected chi connectivity index (χ4v) is 3.03. The first kappa shape index (κ1) is 20.5. The normalized spacial score (nSPS) is 10.2. The molecule has 0 radical (unpaired) electrons. The van der Waals surface area contributed by atoms with E-state index in [1.807, 2.05) is 30.3 Å². The first-order valence-corrected chi connectivity index (χ1v) is 9.34. The first-order valence-electron chi connectivity index (χ1n) is 8.96. The Labute approximate surface area is 180 Å². The summed E-state index contributed by atoms with van der Waals surface area (Å²) in [6, 6.07) is 18.0. The molecule has 3 aromatic carbocycles. The zero-order chi connectivity index (χ0) is 22.0. The fourth-order valence-electron chi connectivity index (χ4n) is 2.81. The van der Waals surface area contributed by atoms with E-state index in [0.717, 1.165) is 10.9 Å². The standard InChI is InChI=1S/C25H10ClF4N/c26-21-19(22(27)24(29)25(30)23(21)28)14-11-16-6-2-1-5-15(16)9-12-18-13-10-17-7-3-4-8-20(17)31-18/h1-8,10,13H. The summed E-state index contributed by atoms with van der Waals surface area (Å²) >= 11 is 5.61. The van der Waals surface area contributed by atoms with Crippen LogP contribution in [0.4, 0.5) is 17.6 Å². The lowest BCUT2D eigenvalue weighted by atomic mass is 10.1. The van der Waals surface area contributed by atoms with Crippen LogP contribution in [-0.2, 0) is 0 Å². The fraction of sp³-hybridized carbons (Fsp3) is 0. The summed E-state index contributed by atoms with van der Waals surface area (Å²) in [5.74, 6) is 3.46. The van der Waals surface area contributed by atoms with Gasteiger partial charge in [0.2, 0.25) is 0 Å². The van der Waals surface area contributed by atoms with E-state index in [1.54, 1.807) is 30.3 Å². The van der Waals surface area contributed by atoms with Crippen LogP contribution in [-0.4, -0.2) is 4.98 Å². The molecule has 6 heteroatoms. The second-order valence-corrected chi connectivity index (χ2v) is 6.76. The van der Waals surface area contributed by atoms with Crippen molar-refractivity contribution in [2.45, 2.75) is 0 Å². The van der Waals surface area contributed by atoms with Gasteiger partial charge >= 0.3 is 0 Å². The summed E-state index contributed by atoms with van der Waals surface area (Å²) in [5, 5.41) is 0.0600. The van der Waals surface area contributed by atoms with Gasteiger partial charge in [0.1, 0.15) is 5.69 Å². The summed E-state index contributed by atoms with van der Waals surface area (Å²) in [5.41, 5.74) is 1.43. The minimum Gasteiger partial charge on any atom is -0.239 e. The summed E-state index contributed by atoms with van der Waals surface area (Å²) in [6.07, 6.45) is 0. The molecule has 4 rings (SSSR count). The number of fused-ring (bicyclic) bond motifs is 1.